The SMILES string of the molecule is C=CCOc1ccccc1CN=C(NCC)NCC1CCN(CCOC)CC1. The summed E-state index contributed by atoms with van der Waals surface area (Å²) in [5, 5.41) is 6.87. The van der Waals surface area contributed by atoms with Gasteiger partial charge in [0.2, 0.25) is 0 Å². The molecule has 6 heteroatoms. The van der Waals surface area contributed by atoms with E-state index in [-0.39, 0.29) is 0 Å². The highest BCUT2D eigenvalue weighted by molar-refractivity contribution is 5.79. The summed E-state index contributed by atoms with van der Waals surface area (Å²) in [6.45, 7) is 12.8. The lowest BCUT2D eigenvalue weighted by atomic mass is 9.97. The van der Waals surface area contributed by atoms with Crippen LogP contribution in [0.2, 0.25) is 0 Å². The van der Waals surface area contributed by atoms with Gasteiger partial charge in [-0.25, -0.2) is 4.99 Å². The molecule has 2 N–H and O–H groups in total. The molecule has 0 saturated carbocycles. The van der Waals surface area contributed by atoms with Gasteiger partial charge in [-0.3, -0.25) is 0 Å². The molecular weight excluding hydrogens is 352 g/mol. The zero-order chi connectivity index (χ0) is 20.0. The van der Waals surface area contributed by atoms with Crippen LogP contribution in [0.15, 0.2) is 41.9 Å². The number of hydrogen-bond acceptors (Lipinski definition) is 4. The van der Waals surface area contributed by atoms with Gasteiger partial charge < -0.3 is 25.0 Å². The Morgan fingerprint density at radius 2 is 2.07 bits per heavy atom. The molecular formula is C22H36N4O2. The molecule has 0 aromatic heterocycles. The Labute approximate surface area is 170 Å². The van der Waals surface area contributed by atoms with Gasteiger partial charge >= 0.3 is 0 Å². The summed E-state index contributed by atoms with van der Waals surface area (Å²) < 4.78 is 10.9. The van der Waals surface area contributed by atoms with E-state index in [1.165, 1.54) is 12.8 Å². The van der Waals surface area contributed by atoms with E-state index in [1.54, 1.807) is 13.2 Å². The van der Waals surface area contributed by atoms with Crippen molar-refractivity contribution < 1.29 is 9.47 Å². The number of benzene rings is 1. The first-order valence-corrected chi connectivity index (χ1v) is 10.3. The maximum Gasteiger partial charge on any atom is 0.191 e. The molecule has 0 unspecified atom stereocenters. The molecule has 0 aliphatic carbocycles. The van der Waals surface area contributed by atoms with E-state index in [0.717, 1.165) is 56.6 Å². The zero-order valence-corrected chi connectivity index (χ0v) is 17.5. The Bertz CT molecular complexity index is 598. The minimum atomic E-state index is 0.502. The van der Waals surface area contributed by atoms with E-state index in [0.29, 0.717) is 19.1 Å². The fraction of sp³-hybridized carbons (Fsp3) is 0.591. The maximum atomic E-state index is 5.73. The first-order chi connectivity index (χ1) is 13.8. The lowest BCUT2D eigenvalue weighted by Gasteiger charge is -2.32. The first-order valence-electron chi connectivity index (χ1n) is 10.3. The molecule has 1 aliphatic rings. The van der Waals surface area contributed by atoms with E-state index >= 15 is 0 Å². The quantitative estimate of drug-likeness (QED) is 0.347. The molecule has 156 valence electrons. The average Bonchev–Trinajstić information content (AvgIpc) is 2.74. The summed E-state index contributed by atoms with van der Waals surface area (Å²) in [7, 11) is 1.77. The van der Waals surface area contributed by atoms with E-state index in [2.05, 4.69) is 35.1 Å². The number of methoxy groups -OCH3 is 1. The minimum absolute atomic E-state index is 0.502. The standard InChI is InChI=1S/C22H36N4O2/c1-4-15-28-21-9-7-6-8-20(21)18-25-22(23-5-2)24-17-19-10-12-26(13-11-19)14-16-27-3/h4,6-9,19H,1,5,10-18H2,2-3H3,(H2,23,24,25). The van der Waals surface area contributed by atoms with E-state index in [9.17, 15) is 0 Å². The van der Waals surface area contributed by atoms with Gasteiger partial charge in [0.05, 0.1) is 13.2 Å². The first kappa shape index (κ1) is 22.2. The minimum Gasteiger partial charge on any atom is -0.489 e. The fourth-order valence-corrected chi connectivity index (χ4v) is 3.31. The second-order valence-electron chi connectivity index (χ2n) is 7.06. The van der Waals surface area contributed by atoms with Crippen molar-refractivity contribution in [2.75, 3.05) is 53.0 Å². The Kier molecular flexibility index (Phi) is 10.5. The summed E-state index contributed by atoms with van der Waals surface area (Å²) in [6, 6.07) is 8.03. The Balaban J connectivity index is 1.84. The van der Waals surface area contributed by atoms with Gasteiger partial charge in [-0.1, -0.05) is 30.9 Å². The molecule has 1 aromatic rings. The third-order valence-electron chi connectivity index (χ3n) is 4.96. The number of aliphatic imine (C=N–C) groups is 1. The second kappa shape index (κ2) is 13.2. The van der Waals surface area contributed by atoms with Crippen molar-refractivity contribution in [2.24, 2.45) is 10.9 Å². The number of hydrogen-bond donors (Lipinski definition) is 2. The van der Waals surface area contributed by atoms with Crippen molar-refractivity contribution in [1.29, 1.82) is 0 Å². The molecule has 1 aliphatic heterocycles. The molecule has 1 saturated heterocycles. The summed E-state index contributed by atoms with van der Waals surface area (Å²) in [6.07, 6.45) is 4.19. The van der Waals surface area contributed by atoms with Crippen LogP contribution < -0.4 is 15.4 Å². The molecule has 1 heterocycles. The summed E-state index contributed by atoms with van der Waals surface area (Å²) in [5.74, 6) is 2.42. The van der Waals surface area contributed by atoms with Gasteiger partial charge in [-0.2, -0.15) is 0 Å². The van der Waals surface area contributed by atoms with Crippen LogP contribution in [0.4, 0.5) is 0 Å². The number of rotatable bonds is 11. The smallest absolute Gasteiger partial charge is 0.191 e. The molecule has 0 spiro atoms. The van der Waals surface area contributed by atoms with Crippen LogP contribution in [0.25, 0.3) is 0 Å². The van der Waals surface area contributed by atoms with Crippen LogP contribution in [0.5, 0.6) is 5.75 Å². The van der Waals surface area contributed by atoms with Crippen LogP contribution in [0.1, 0.15) is 25.3 Å². The molecule has 0 radical (unpaired) electrons. The number of para-hydroxylation sites is 1. The molecule has 0 atom stereocenters. The van der Waals surface area contributed by atoms with Crippen LogP contribution in [0, 0.1) is 5.92 Å². The third kappa shape index (κ3) is 7.90. The van der Waals surface area contributed by atoms with Gasteiger partial charge in [-0.05, 0) is 44.8 Å². The molecule has 6 nitrogen and oxygen atoms in total. The lowest BCUT2D eigenvalue weighted by molar-refractivity contribution is 0.121. The molecule has 0 amide bonds. The van der Waals surface area contributed by atoms with Crippen molar-refractivity contribution in [2.45, 2.75) is 26.3 Å². The molecule has 2 rings (SSSR count). The van der Waals surface area contributed by atoms with Gasteiger partial charge in [0.15, 0.2) is 5.96 Å². The van der Waals surface area contributed by atoms with E-state index in [1.807, 2.05) is 18.2 Å². The Morgan fingerprint density at radius 1 is 1.29 bits per heavy atom. The number of guanidine groups is 1. The normalized spacial score (nSPS) is 16.0. The van der Waals surface area contributed by atoms with Crippen LogP contribution in [-0.4, -0.2) is 63.9 Å². The number of ether oxygens (including phenoxy) is 2. The number of nitrogens with one attached hydrogen (secondary N) is 2. The topological polar surface area (TPSA) is 58.1 Å². The van der Waals surface area contributed by atoms with Crippen molar-refractivity contribution in [3.8, 4) is 5.75 Å². The number of likely N-dealkylation sites (tertiary alicyclic amines) is 1. The van der Waals surface area contributed by atoms with Crippen molar-refractivity contribution in [3.63, 3.8) is 0 Å². The Morgan fingerprint density at radius 3 is 2.79 bits per heavy atom. The van der Waals surface area contributed by atoms with Crippen molar-refractivity contribution in [3.05, 3.63) is 42.5 Å². The maximum absolute atomic E-state index is 5.73. The van der Waals surface area contributed by atoms with E-state index < -0.39 is 0 Å². The average molecular weight is 389 g/mol. The molecule has 1 fully saturated rings. The van der Waals surface area contributed by atoms with Gasteiger partial charge in [0.25, 0.3) is 0 Å². The van der Waals surface area contributed by atoms with Crippen LogP contribution >= 0.6 is 0 Å². The number of nitrogens with zero attached hydrogens (tertiary/aromatic N) is 2. The largest absolute Gasteiger partial charge is 0.489 e. The number of piperidine rings is 1. The van der Waals surface area contributed by atoms with Crippen molar-refractivity contribution >= 4 is 5.96 Å². The second-order valence-corrected chi connectivity index (χ2v) is 7.06. The Hall–Kier alpha value is -2.05. The van der Waals surface area contributed by atoms with Crippen LogP contribution in [-0.2, 0) is 11.3 Å². The van der Waals surface area contributed by atoms with Gasteiger partial charge in [0.1, 0.15) is 12.4 Å². The van der Waals surface area contributed by atoms with Gasteiger partial charge in [0, 0.05) is 32.3 Å². The predicted molar refractivity (Wildman–Crippen MR) is 116 cm³/mol. The summed E-state index contributed by atoms with van der Waals surface area (Å²) in [4.78, 5) is 7.24. The fourth-order valence-electron chi connectivity index (χ4n) is 3.31. The summed E-state index contributed by atoms with van der Waals surface area (Å²) >= 11 is 0. The highest BCUT2D eigenvalue weighted by Gasteiger charge is 2.19. The van der Waals surface area contributed by atoms with Crippen LogP contribution in [0.3, 0.4) is 0 Å². The molecule has 1 aromatic carbocycles. The predicted octanol–water partition coefficient (Wildman–Crippen LogP) is 2.66. The molecule has 28 heavy (non-hydrogen) atoms. The monoisotopic (exact) mass is 388 g/mol. The molecule has 0 bridgehead atoms. The zero-order valence-electron chi connectivity index (χ0n) is 17.5. The third-order valence-corrected chi connectivity index (χ3v) is 4.96. The lowest BCUT2D eigenvalue weighted by Crippen LogP contribution is -2.43. The summed E-state index contributed by atoms with van der Waals surface area (Å²) in [5.41, 5.74) is 1.08. The highest BCUT2D eigenvalue weighted by atomic mass is 16.5. The van der Waals surface area contributed by atoms with Gasteiger partial charge in [-0.15, -0.1) is 0 Å². The highest BCUT2D eigenvalue weighted by Crippen LogP contribution is 2.19. The van der Waals surface area contributed by atoms with Crippen molar-refractivity contribution in [1.82, 2.24) is 15.5 Å². The van der Waals surface area contributed by atoms with E-state index in [4.69, 9.17) is 14.5 Å².